The number of aromatic nitrogens is 2. The van der Waals surface area contributed by atoms with E-state index in [1.165, 1.54) is 0 Å². The second kappa shape index (κ2) is 8.64. The second-order valence-corrected chi connectivity index (χ2v) is 9.28. The molecule has 6 nitrogen and oxygen atoms in total. The SMILES string of the molecule is CCCCn1ccnc1C1CCCN(S(=O)(=O)N2CCCCCC2)C1. The van der Waals surface area contributed by atoms with Crippen molar-refractivity contribution >= 4 is 10.2 Å². The van der Waals surface area contributed by atoms with E-state index in [0.717, 1.165) is 63.7 Å². The molecule has 0 amide bonds. The first-order valence-electron chi connectivity index (χ1n) is 9.89. The van der Waals surface area contributed by atoms with Gasteiger partial charge in [-0.05, 0) is 32.1 Å². The van der Waals surface area contributed by atoms with Crippen molar-refractivity contribution in [2.75, 3.05) is 26.2 Å². The van der Waals surface area contributed by atoms with Gasteiger partial charge < -0.3 is 4.57 Å². The lowest BCUT2D eigenvalue weighted by atomic mass is 9.99. The van der Waals surface area contributed by atoms with Crippen LogP contribution in [0.2, 0.25) is 0 Å². The topological polar surface area (TPSA) is 58.4 Å². The molecule has 0 bridgehead atoms. The molecule has 1 unspecified atom stereocenters. The maximum absolute atomic E-state index is 13.1. The van der Waals surface area contributed by atoms with E-state index in [-0.39, 0.29) is 5.92 Å². The zero-order valence-electron chi connectivity index (χ0n) is 15.4. The maximum atomic E-state index is 13.1. The Morgan fingerprint density at radius 2 is 1.80 bits per heavy atom. The first-order valence-corrected chi connectivity index (χ1v) is 11.3. The normalized spacial score (nSPS) is 24.3. The van der Waals surface area contributed by atoms with Gasteiger partial charge in [0.1, 0.15) is 5.82 Å². The quantitative estimate of drug-likeness (QED) is 0.775. The third kappa shape index (κ3) is 4.44. The molecular weight excluding hydrogens is 336 g/mol. The van der Waals surface area contributed by atoms with Gasteiger partial charge in [-0.15, -0.1) is 0 Å². The van der Waals surface area contributed by atoms with Gasteiger partial charge in [-0.1, -0.05) is 26.2 Å². The average molecular weight is 369 g/mol. The van der Waals surface area contributed by atoms with Crippen molar-refractivity contribution in [2.24, 2.45) is 0 Å². The molecule has 3 heterocycles. The molecule has 142 valence electrons. The van der Waals surface area contributed by atoms with Crippen LogP contribution >= 0.6 is 0 Å². The summed E-state index contributed by atoms with van der Waals surface area (Å²) < 4.78 is 31.8. The van der Waals surface area contributed by atoms with Crippen LogP contribution in [0.1, 0.15) is 70.0 Å². The minimum absolute atomic E-state index is 0.211. The highest BCUT2D eigenvalue weighted by Crippen LogP contribution is 2.29. The Labute approximate surface area is 152 Å². The fourth-order valence-corrected chi connectivity index (χ4v) is 5.77. The van der Waals surface area contributed by atoms with Crippen molar-refractivity contribution in [2.45, 2.75) is 70.8 Å². The monoisotopic (exact) mass is 368 g/mol. The molecular formula is C18H32N4O2S. The molecule has 25 heavy (non-hydrogen) atoms. The van der Waals surface area contributed by atoms with Crippen LogP contribution in [0.15, 0.2) is 12.4 Å². The van der Waals surface area contributed by atoms with Crippen LogP contribution in [-0.4, -0.2) is 52.8 Å². The molecule has 0 saturated carbocycles. The van der Waals surface area contributed by atoms with Crippen molar-refractivity contribution < 1.29 is 8.42 Å². The number of hydrogen-bond acceptors (Lipinski definition) is 3. The largest absolute Gasteiger partial charge is 0.335 e. The van der Waals surface area contributed by atoms with E-state index in [4.69, 9.17) is 0 Å². The molecule has 1 atom stereocenters. The zero-order chi connectivity index (χ0) is 17.7. The van der Waals surface area contributed by atoms with Crippen LogP contribution in [0.25, 0.3) is 0 Å². The summed E-state index contributed by atoms with van der Waals surface area (Å²) in [6, 6.07) is 0. The molecule has 2 aliphatic rings. The summed E-state index contributed by atoms with van der Waals surface area (Å²) in [6.07, 6.45) is 12.4. The highest BCUT2D eigenvalue weighted by atomic mass is 32.2. The summed E-state index contributed by atoms with van der Waals surface area (Å²) >= 11 is 0. The van der Waals surface area contributed by atoms with Gasteiger partial charge in [0.05, 0.1) is 0 Å². The molecule has 2 fully saturated rings. The number of imidazole rings is 1. The van der Waals surface area contributed by atoms with Gasteiger partial charge in [-0.3, -0.25) is 0 Å². The average Bonchev–Trinajstić information content (AvgIpc) is 2.91. The van der Waals surface area contributed by atoms with Crippen LogP contribution in [-0.2, 0) is 16.8 Å². The van der Waals surface area contributed by atoms with Gasteiger partial charge in [0, 0.05) is 51.0 Å². The summed E-state index contributed by atoms with van der Waals surface area (Å²) in [6.45, 7) is 5.73. The molecule has 1 aromatic heterocycles. The summed E-state index contributed by atoms with van der Waals surface area (Å²) in [5.74, 6) is 1.27. The minimum Gasteiger partial charge on any atom is -0.335 e. The van der Waals surface area contributed by atoms with Crippen LogP contribution in [0.5, 0.6) is 0 Å². The van der Waals surface area contributed by atoms with Gasteiger partial charge in [0.25, 0.3) is 10.2 Å². The summed E-state index contributed by atoms with van der Waals surface area (Å²) in [5.41, 5.74) is 0. The molecule has 0 aliphatic carbocycles. The number of nitrogens with zero attached hydrogens (tertiary/aromatic N) is 4. The van der Waals surface area contributed by atoms with Crippen LogP contribution < -0.4 is 0 Å². The van der Waals surface area contributed by atoms with Crippen molar-refractivity contribution in [3.8, 4) is 0 Å². The molecule has 2 saturated heterocycles. The molecule has 1 aromatic rings. The first-order chi connectivity index (χ1) is 12.1. The number of aryl methyl sites for hydroxylation is 1. The Bertz CT molecular complexity index is 635. The van der Waals surface area contributed by atoms with Crippen molar-refractivity contribution in [1.29, 1.82) is 0 Å². The number of piperidine rings is 1. The number of rotatable bonds is 6. The van der Waals surface area contributed by atoms with Gasteiger partial charge in [0.2, 0.25) is 0 Å². The summed E-state index contributed by atoms with van der Waals surface area (Å²) in [7, 11) is -3.33. The maximum Gasteiger partial charge on any atom is 0.281 e. The molecule has 0 spiro atoms. The molecule has 0 aromatic carbocycles. The van der Waals surface area contributed by atoms with Crippen LogP contribution in [0.4, 0.5) is 0 Å². The van der Waals surface area contributed by atoms with E-state index in [9.17, 15) is 8.42 Å². The minimum atomic E-state index is -3.33. The van der Waals surface area contributed by atoms with Crippen LogP contribution in [0, 0.1) is 0 Å². The highest BCUT2D eigenvalue weighted by molar-refractivity contribution is 7.86. The Morgan fingerprint density at radius 1 is 1.08 bits per heavy atom. The second-order valence-electron chi connectivity index (χ2n) is 7.35. The van der Waals surface area contributed by atoms with Gasteiger partial charge in [-0.2, -0.15) is 17.0 Å². The lowest BCUT2D eigenvalue weighted by Gasteiger charge is -2.35. The van der Waals surface area contributed by atoms with E-state index in [2.05, 4.69) is 16.5 Å². The molecule has 0 N–H and O–H groups in total. The number of hydrogen-bond donors (Lipinski definition) is 0. The van der Waals surface area contributed by atoms with Gasteiger partial charge in [-0.25, -0.2) is 4.98 Å². The van der Waals surface area contributed by atoms with Crippen LogP contribution in [0.3, 0.4) is 0 Å². The molecule has 0 radical (unpaired) electrons. The fraction of sp³-hybridized carbons (Fsp3) is 0.833. The van der Waals surface area contributed by atoms with Crippen molar-refractivity contribution in [1.82, 2.24) is 18.2 Å². The Balaban J connectivity index is 1.71. The summed E-state index contributed by atoms with van der Waals surface area (Å²) in [4.78, 5) is 4.56. The van der Waals surface area contributed by atoms with E-state index >= 15 is 0 Å². The fourth-order valence-electron chi connectivity index (χ4n) is 4.00. The molecule has 3 rings (SSSR count). The third-order valence-corrected chi connectivity index (χ3v) is 7.47. The van der Waals surface area contributed by atoms with Gasteiger partial charge >= 0.3 is 0 Å². The highest BCUT2D eigenvalue weighted by Gasteiger charge is 2.35. The molecule has 7 heteroatoms. The predicted molar refractivity (Wildman–Crippen MR) is 99.6 cm³/mol. The van der Waals surface area contributed by atoms with E-state index < -0.39 is 10.2 Å². The Kier molecular flexibility index (Phi) is 6.52. The predicted octanol–water partition coefficient (Wildman–Crippen LogP) is 2.98. The van der Waals surface area contributed by atoms with Gasteiger partial charge in [0.15, 0.2) is 0 Å². The lowest BCUT2D eigenvalue weighted by Crippen LogP contribution is -2.48. The van der Waals surface area contributed by atoms with Crippen molar-refractivity contribution in [3.63, 3.8) is 0 Å². The number of unbranched alkanes of at least 4 members (excludes halogenated alkanes) is 1. The zero-order valence-corrected chi connectivity index (χ0v) is 16.3. The smallest absolute Gasteiger partial charge is 0.281 e. The third-order valence-electron chi connectivity index (χ3n) is 5.47. The summed E-state index contributed by atoms with van der Waals surface area (Å²) in [5, 5.41) is 0. The van der Waals surface area contributed by atoms with E-state index in [0.29, 0.717) is 26.2 Å². The van der Waals surface area contributed by atoms with E-state index in [1.807, 2.05) is 12.4 Å². The standard InChI is InChI=1S/C18H32N4O2S/c1-2-3-11-20-15-10-19-18(20)17-9-8-14-22(16-17)25(23,24)21-12-6-4-5-7-13-21/h10,15,17H,2-9,11-14,16H2,1H3. The van der Waals surface area contributed by atoms with Crippen molar-refractivity contribution in [3.05, 3.63) is 18.2 Å². The lowest BCUT2D eigenvalue weighted by molar-refractivity contribution is 0.276. The Hall–Kier alpha value is -0.920. The van der Waals surface area contributed by atoms with E-state index in [1.54, 1.807) is 8.61 Å². The molecule has 2 aliphatic heterocycles. The first kappa shape index (κ1) is 18.9. The Morgan fingerprint density at radius 3 is 2.52 bits per heavy atom.